The number of benzene rings is 2. The Labute approximate surface area is 140 Å². The number of nitrogens with one attached hydrogen (secondary N) is 1. The molecule has 2 N–H and O–H groups in total. The van der Waals surface area contributed by atoms with E-state index in [1.54, 1.807) is 38.5 Å². The maximum absolute atomic E-state index is 12.1. The molecule has 0 unspecified atom stereocenters. The lowest BCUT2D eigenvalue weighted by Gasteiger charge is -2.10. The number of hydrogen-bond acceptors (Lipinski definition) is 5. The van der Waals surface area contributed by atoms with Crippen molar-refractivity contribution in [2.24, 2.45) is 5.16 Å². The quantitative estimate of drug-likeness (QED) is 0.464. The fraction of sp³-hybridized carbons (Fsp3) is 0.222. The molecule has 24 heavy (non-hydrogen) atoms. The third kappa shape index (κ3) is 4.25. The third-order valence-corrected chi connectivity index (χ3v) is 3.51. The molecule has 2 rings (SSSR count). The second-order valence-electron chi connectivity index (χ2n) is 5.01. The molecule has 6 nitrogen and oxygen atoms in total. The first-order chi connectivity index (χ1) is 11.7. The van der Waals surface area contributed by atoms with Crippen LogP contribution >= 0.6 is 0 Å². The highest BCUT2D eigenvalue weighted by Crippen LogP contribution is 2.27. The summed E-state index contributed by atoms with van der Waals surface area (Å²) in [6.07, 6.45) is 0.611. The second-order valence-corrected chi connectivity index (χ2v) is 5.01. The van der Waals surface area contributed by atoms with Gasteiger partial charge in [-0.05, 0) is 24.1 Å². The zero-order chi connectivity index (χ0) is 17.4. The van der Waals surface area contributed by atoms with Gasteiger partial charge in [-0.15, -0.1) is 0 Å². The topological polar surface area (TPSA) is 80.2 Å². The number of carbonyl (C=O) groups is 1. The van der Waals surface area contributed by atoms with Gasteiger partial charge in [-0.2, -0.15) is 0 Å². The number of ether oxygens (including phenoxy) is 2. The number of carbonyl (C=O) groups excluding carboxylic acids is 1. The van der Waals surface area contributed by atoms with Crippen molar-refractivity contribution in [2.45, 2.75) is 6.42 Å². The number of rotatable bonds is 7. The lowest BCUT2D eigenvalue weighted by atomic mass is 10.1. The molecule has 0 aromatic heterocycles. The molecule has 0 spiro atoms. The summed E-state index contributed by atoms with van der Waals surface area (Å²) in [6, 6.07) is 14.4. The van der Waals surface area contributed by atoms with Gasteiger partial charge in [-0.25, -0.2) is 0 Å². The molecule has 0 radical (unpaired) electrons. The van der Waals surface area contributed by atoms with E-state index in [0.29, 0.717) is 30.0 Å². The Morgan fingerprint density at radius 3 is 2.42 bits per heavy atom. The molecule has 1 amide bonds. The number of oxime groups is 1. The van der Waals surface area contributed by atoms with E-state index in [0.717, 1.165) is 5.56 Å². The predicted octanol–water partition coefficient (Wildman–Crippen LogP) is 2.24. The van der Waals surface area contributed by atoms with Crippen molar-refractivity contribution in [1.29, 1.82) is 0 Å². The number of amides is 1. The second kappa shape index (κ2) is 8.57. The SMILES string of the molecule is COc1ccc(CCNC(=O)/C(=N\O)c2ccccc2)cc1OC. The lowest BCUT2D eigenvalue weighted by molar-refractivity contribution is -0.114. The lowest BCUT2D eigenvalue weighted by Crippen LogP contribution is -2.33. The van der Waals surface area contributed by atoms with Crippen LogP contribution in [0.25, 0.3) is 0 Å². The van der Waals surface area contributed by atoms with E-state index in [9.17, 15) is 4.79 Å². The Kier molecular flexibility index (Phi) is 6.19. The van der Waals surface area contributed by atoms with E-state index in [1.807, 2.05) is 24.3 Å². The van der Waals surface area contributed by atoms with Crippen molar-refractivity contribution >= 4 is 11.6 Å². The summed E-state index contributed by atoms with van der Waals surface area (Å²) < 4.78 is 10.4. The minimum absolute atomic E-state index is 0.0112. The van der Waals surface area contributed by atoms with Crippen LogP contribution in [-0.2, 0) is 11.2 Å². The molecule has 2 aromatic carbocycles. The first-order valence-electron chi connectivity index (χ1n) is 7.46. The standard InChI is InChI=1S/C18H20N2O4/c1-23-15-9-8-13(12-16(15)24-2)10-11-19-18(21)17(20-22)14-6-4-3-5-7-14/h3-9,12,22H,10-11H2,1-2H3,(H,19,21)/b20-17-. The van der Waals surface area contributed by atoms with Gasteiger partial charge < -0.3 is 20.0 Å². The van der Waals surface area contributed by atoms with Crippen LogP contribution in [0.5, 0.6) is 11.5 Å². The molecule has 6 heteroatoms. The van der Waals surface area contributed by atoms with Crippen LogP contribution in [0.2, 0.25) is 0 Å². The maximum atomic E-state index is 12.1. The monoisotopic (exact) mass is 328 g/mol. The molecule has 0 aliphatic carbocycles. The van der Waals surface area contributed by atoms with Gasteiger partial charge in [0.05, 0.1) is 14.2 Å². The minimum atomic E-state index is -0.427. The predicted molar refractivity (Wildman–Crippen MR) is 91.0 cm³/mol. The fourth-order valence-corrected chi connectivity index (χ4v) is 2.27. The van der Waals surface area contributed by atoms with Crippen molar-refractivity contribution < 1.29 is 19.5 Å². The van der Waals surface area contributed by atoms with Gasteiger partial charge >= 0.3 is 0 Å². The first-order valence-corrected chi connectivity index (χ1v) is 7.46. The van der Waals surface area contributed by atoms with Gasteiger partial charge in [-0.1, -0.05) is 41.6 Å². The summed E-state index contributed by atoms with van der Waals surface area (Å²) in [4.78, 5) is 12.1. The van der Waals surface area contributed by atoms with Crippen LogP contribution in [0, 0.1) is 0 Å². The molecule has 126 valence electrons. The van der Waals surface area contributed by atoms with Crippen LogP contribution in [0.3, 0.4) is 0 Å². The van der Waals surface area contributed by atoms with Gasteiger partial charge in [0.1, 0.15) is 0 Å². The van der Waals surface area contributed by atoms with E-state index in [-0.39, 0.29) is 5.71 Å². The van der Waals surface area contributed by atoms with Crippen molar-refractivity contribution in [3.8, 4) is 11.5 Å². The summed E-state index contributed by atoms with van der Waals surface area (Å²) in [6.45, 7) is 0.403. The summed E-state index contributed by atoms with van der Waals surface area (Å²) in [5.74, 6) is 0.872. The van der Waals surface area contributed by atoms with Gasteiger partial charge in [0.15, 0.2) is 17.2 Å². The number of methoxy groups -OCH3 is 2. The summed E-state index contributed by atoms with van der Waals surface area (Å²) in [5, 5.41) is 14.9. The molecule has 0 fully saturated rings. The molecule has 0 saturated carbocycles. The Hall–Kier alpha value is -3.02. The molecule has 0 heterocycles. The molecule has 0 aliphatic heterocycles. The summed E-state index contributed by atoms with van der Waals surface area (Å²) in [7, 11) is 3.16. The molecule has 2 aromatic rings. The zero-order valence-electron chi connectivity index (χ0n) is 13.7. The van der Waals surface area contributed by atoms with E-state index < -0.39 is 5.91 Å². The van der Waals surface area contributed by atoms with Crippen LogP contribution in [0.15, 0.2) is 53.7 Å². The minimum Gasteiger partial charge on any atom is -0.493 e. The smallest absolute Gasteiger partial charge is 0.273 e. The number of nitrogens with zero attached hydrogens (tertiary/aromatic N) is 1. The molecule has 0 aliphatic rings. The van der Waals surface area contributed by atoms with Gasteiger partial charge in [0.2, 0.25) is 0 Å². The Bertz CT molecular complexity index is 714. The molecule has 0 bridgehead atoms. The van der Waals surface area contributed by atoms with Crippen LogP contribution in [0.4, 0.5) is 0 Å². The summed E-state index contributed by atoms with van der Waals surface area (Å²) in [5.41, 5.74) is 1.54. The van der Waals surface area contributed by atoms with E-state index >= 15 is 0 Å². The van der Waals surface area contributed by atoms with Crippen molar-refractivity contribution in [3.05, 3.63) is 59.7 Å². The average Bonchev–Trinajstić information content (AvgIpc) is 2.63. The normalized spacial score (nSPS) is 11.0. The third-order valence-electron chi connectivity index (χ3n) is 3.51. The highest BCUT2D eigenvalue weighted by Gasteiger charge is 2.14. The van der Waals surface area contributed by atoms with Crippen LogP contribution in [-0.4, -0.2) is 37.6 Å². The van der Waals surface area contributed by atoms with Crippen molar-refractivity contribution in [1.82, 2.24) is 5.32 Å². The highest BCUT2D eigenvalue weighted by atomic mass is 16.5. The van der Waals surface area contributed by atoms with E-state index in [4.69, 9.17) is 14.7 Å². The Morgan fingerprint density at radius 2 is 1.79 bits per heavy atom. The van der Waals surface area contributed by atoms with Crippen LogP contribution < -0.4 is 14.8 Å². The maximum Gasteiger partial charge on any atom is 0.273 e. The Balaban J connectivity index is 1.95. The Morgan fingerprint density at radius 1 is 1.08 bits per heavy atom. The molecular weight excluding hydrogens is 308 g/mol. The molecule has 0 atom stereocenters. The largest absolute Gasteiger partial charge is 0.493 e. The number of hydrogen-bond donors (Lipinski definition) is 2. The molecular formula is C18H20N2O4. The first kappa shape index (κ1) is 17.3. The van der Waals surface area contributed by atoms with E-state index in [1.165, 1.54) is 0 Å². The van der Waals surface area contributed by atoms with Gasteiger partial charge in [-0.3, -0.25) is 4.79 Å². The average molecular weight is 328 g/mol. The van der Waals surface area contributed by atoms with Crippen LogP contribution in [0.1, 0.15) is 11.1 Å². The molecule has 0 saturated heterocycles. The highest BCUT2D eigenvalue weighted by molar-refractivity contribution is 6.45. The van der Waals surface area contributed by atoms with Gasteiger partial charge in [0, 0.05) is 12.1 Å². The van der Waals surface area contributed by atoms with Gasteiger partial charge in [0.25, 0.3) is 5.91 Å². The summed E-state index contributed by atoms with van der Waals surface area (Å²) >= 11 is 0. The zero-order valence-corrected chi connectivity index (χ0v) is 13.7. The van der Waals surface area contributed by atoms with Crippen molar-refractivity contribution in [2.75, 3.05) is 20.8 Å². The van der Waals surface area contributed by atoms with Crippen molar-refractivity contribution in [3.63, 3.8) is 0 Å². The fourth-order valence-electron chi connectivity index (χ4n) is 2.27. The van der Waals surface area contributed by atoms with E-state index in [2.05, 4.69) is 10.5 Å².